The number of benzene rings is 1. The van der Waals surface area contributed by atoms with Crippen molar-refractivity contribution in [3.8, 4) is 22.8 Å². The zero-order chi connectivity index (χ0) is 27.3. The lowest BCUT2D eigenvalue weighted by Crippen LogP contribution is -2.54. The molecule has 2 fully saturated rings. The third kappa shape index (κ3) is 5.62. The highest BCUT2D eigenvalue weighted by Gasteiger charge is 2.31. The van der Waals surface area contributed by atoms with Gasteiger partial charge < -0.3 is 9.80 Å². The van der Waals surface area contributed by atoms with E-state index in [1.165, 1.54) is 0 Å². The molecule has 0 atom stereocenters. The summed E-state index contributed by atoms with van der Waals surface area (Å²) in [5.41, 5.74) is 4.09. The molecule has 8 nitrogen and oxygen atoms in total. The Balaban J connectivity index is 1.11. The average molecular weight is 533 g/mol. The summed E-state index contributed by atoms with van der Waals surface area (Å²) >= 11 is 0. The molecule has 0 spiro atoms. The fourth-order valence-corrected chi connectivity index (χ4v) is 5.62. The van der Waals surface area contributed by atoms with Gasteiger partial charge in [-0.05, 0) is 61.4 Å². The van der Waals surface area contributed by atoms with E-state index in [1.807, 2.05) is 88.7 Å². The molecule has 2 saturated heterocycles. The standard InChI is InChI=1S/C32H32N6O2/c39-31(24-8-2-1-3-9-24)37-16-12-26(13-17-37)36-18-20-38(21-19-36)32(40)25-22-29(27-10-4-6-14-33-27)35-30(23-25)28-11-5-7-15-34-28/h1-11,14-15,22-23,26H,12-13,16-21H2. The second-order valence-electron chi connectivity index (χ2n) is 10.3. The van der Waals surface area contributed by atoms with Gasteiger partial charge in [-0.3, -0.25) is 24.5 Å². The molecule has 3 aromatic heterocycles. The van der Waals surface area contributed by atoms with Crippen molar-refractivity contribution >= 4 is 11.8 Å². The summed E-state index contributed by atoms with van der Waals surface area (Å²) in [7, 11) is 0. The second-order valence-corrected chi connectivity index (χ2v) is 10.3. The number of hydrogen-bond donors (Lipinski definition) is 0. The van der Waals surface area contributed by atoms with Gasteiger partial charge in [0.25, 0.3) is 11.8 Å². The Kier molecular flexibility index (Phi) is 7.59. The van der Waals surface area contributed by atoms with Gasteiger partial charge >= 0.3 is 0 Å². The van der Waals surface area contributed by atoms with Crippen LogP contribution in [0.1, 0.15) is 33.6 Å². The monoisotopic (exact) mass is 532 g/mol. The van der Waals surface area contributed by atoms with Gasteiger partial charge in [-0.1, -0.05) is 30.3 Å². The van der Waals surface area contributed by atoms with E-state index in [9.17, 15) is 9.59 Å². The van der Waals surface area contributed by atoms with Crippen molar-refractivity contribution in [1.29, 1.82) is 0 Å². The summed E-state index contributed by atoms with van der Waals surface area (Å²) in [6, 6.07) is 25.0. The van der Waals surface area contributed by atoms with E-state index in [0.29, 0.717) is 36.1 Å². The Morgan fingerprint density at radius 1 is 0.575 bits per heavy atom. The second kappa shape index (κ2) is 11.8. The first kappa shape index (κ1) is 25.8. The Morgan fingerprint density at radius 2 is 1.10 bits per heavy atom. The molecule has 0 bridgehead atoms. The minimum atomic E-state index is -0.000288. The van der Waals surface area contributed by atoms with Crippen LogP contribution in [-0.2, 0) is 0 Å². The first-order chi connectivity index (χ1) is 19.7. The normalized spacial score (nSPS) is 16.6. The van der Waals surface area contributed by atoms with E-state index >= 15 is 0 Å². The van der Waals surface area contributed by atoms with Crippen molar-refractivity contribution in [1.82, 2.24) is 29.7 Å². The Bertz CT molecular complexity index is 1390. The highest BCUT2D eigenvalue weighted by atomic mass is 16.2. The van der Waals surface area contributed by atoms with Gasteiger partial charge in [-0.2, -0.15) is 0 Å². The van der Waals surface area contributed by atoms with Gasteiger partial charge in [0.2, 0.25) is 0 Å². The van der Waals surface area contributed by atoms with Crippen molar-refractivity contribution < 1.29 is 9.59 Å². The number of rotatable bonds is 5. The first-order valence-corrected chi connectivity index (χ1v) is 13.9. The maximum Gasteiger partial charge on any atom is 0.254 e. The van der Waals surface area contributed by atoms with Crippen LogP contribution in [0.3, 0.4) is 0 Å². The van der Waals surface area contributed by atoms with Crippen LogP contribution in [0.2, 0.25) is 0 Å². The summed E-state index contributed by atoms with van der Waals surface area (Å²) in [6.07, 6.45) is 5.37. The zero-order valence-corrected chi connectivity index (χ0v) is 22.4. The number of carbonyl (C=O) groups is 2. The van der Waals surface area contributed by atoms with Gasteiger partial charge in [-0.25, -0.2) is 4.98 Å². The van der Waals surface area contributed by atoms with Crippen molar-refractivity contribution in [2.24, 2.45) is 0 Å². The smallest absolute Gasteiger partial charge is 0.254 e. The summed E-state index contributed by atoms with van der Waals surface area (Å²) in [5.74, 6) is 0.113. The van der Waals surface area contributed by atoms with Crippen molar-refractivity contribution in [3.63, 3.8) is 0 Å². The van der Waals surface area contributed by atoms with Crippen LogP contribution in [-0.4, -0.2) is 86.8 Å². The Labute approximate surface area is 234 Å². The minimum absolute atomic E-state index is 0.000288. The summed E-state index contributed by atoms with van der Waals surface area (Å²) in [5, 5.41) is 0. The Morgan fingerprint density at radius 3 is 1.65 bits per heavy atom. The van der Waals surface area contributed by atoms with Crippen LogP contribution in [0.4, 0.5) is 0 Å². The van der Waals surface area contributed by atoms with Crippen molar-refractivity contribution in [2.45, 2.75) is 18.9 Å². The van der Waals surface area contributed by atoms with Crippen LogP contribution in [0.5, 0.6) is 0 Å². The summed E-state index contributed by atoms with van der Waals surface area (Å²) in [6.45, 7) is 4.52. The number of piperazine rings is 1. The van der Waals surface area contributed by atoms with E-state index in [1.54, 1.807) is 12.4 Å². The molecule has 40 heavy (non-hydrogen) atoms. The molecule has 2 aliphatic rings. The number of nitrogens with zero attached hydrogens (tertiary/aromatic N) is 6. The van der Waals surface area contributed by atoms with Crippen LogP contribution in [0, 0.1) is 0 Å². The van der Waals surface area contributed by atoms with Crippen molar-refractivity contribution in [2.75, 3.05) is 39.3 Å². The third-order valence-corrected chi connectivity index (χ3v) is 7.82. The molecule has 202 valence electrons. The van der Waals surface area contributed by atoms with E-state index < -0.39 is 0 Å². The fourth-order valence-electron chi connectivity index (χ4n) is 5.62. The molecule has 0 saturated carbocycles. The first-order valence-electron chi connectivity index (χ1n) is 13.9. The molecular weight excluding hydrogens is 500 g/mol. The topological polar surface area (TPSA) is 82.5 Å². The van der Waals surface area contributed by atoms with E-state index in [4.69, 9.17) is 4.98 Å². The van der Waals surface area contributed by atoms with Gasteiger partial charge in [0.1, 0.15) is 0 Å². The van der Waals surface area contributed by atoms with Crippen LogP contribution < -0.4 is 0 Å². The van der Waals surface area contributed by atoms with E-state index in [2.05, 4.69) is 14.9 Å². The number of piperidine rings is 1. The predicted molar refractivity (Wildman–Crippen MR) is 154 cm³/mol. The van der Waals surface area contributed by atoms with Gasteiger partial charge in [0, 0.05) is 68.8 Å². The van der Waals surface area contributed by atoms with Gasteiger partial charge in [-0.15, -0.1) is 0 Å². The maximum atomic E-state index is 13.7. The quantitative estimate of drug-likeness (QED) is 0.382. The average Bonchev–Trinajstić information content (AvgIpc) is 3.05. The largest absolute Gasteiger partial charge is 0.339 e. The van der Waals surface area contributed by atoms with Crippen molar-refractivity contribution in [3.05, 3.63) is 102 Å². The molecule has 0 aliphatic carbocycles. The number of likely N-dealkylation sites (tertiary alicyclic amines) is 1. The minimum Gasteiger partial charge on any atom is -0.339 e. The molecule has 1 aromatic carbocycles. The predicted octanol–water partition coefficient (Wildman–Crippen LogP) is 4.27. The van der Waals surface area contributed by atoms with E-state index in [0.717, 1.165) is 56.0 Å². The lowest BCUT2D eigenvalue weighted by Gasteiger charge is -2.42. The molecule has 2 amide bonds. The van der Waals surface area contributed by atoms with E-state index in [-0.39, 0.29) is 11.8 Å². The Hall–Kier alpha value is -4.43. The lowest BCUT2D eigenvalue weighted by atomic mass is 10.0. The molecule has 2 aliphatic heterocycles. The molecule has 0 unspecified atom stereocenters. The lowest BCUT2D eigenvalue weighted by molar-refractivity contribution is 0.0412. The number of carbonyl (C=O) groups excluding carboxylic acids is 2. The van der Waals surface area contributed by atoms with Crippen LogP contribution in [0.25, 0.3) is 22.8 Å². The molecule has 8 heteroatoms. The molecule has 4 aromatic rings. The molecule has 0 radical (unpaired) electrons. The van der Waals surface area contributed by atoms with Gasteiger partial charge in [0.15, 0.2) is 0 Å². The van der Waals surface area contributed by atoms with Crippen LogP contribution in [0.15, 0.2) is 91.3 Å². The third-order valence-electron chi connectivity index (χ3n) is 7.82. The number of hydrogen-bond acceptors (Lipinski definition) is 6. The number of aromatic nitrogens is 3. The number of amides is 2. The maximum absolute atomic E-state index is 13.7. The highest BCUT2D eigenvalue weighted by Crippen LogP contribution is 2.25. The SMILES string of the molecule is O=C(c1ccccc1)N1CCC(N2CCN(C(=O)c3cc(-c4ccccn4)nc(-c4ccccn4)c3)CC2)CC1. The fraction of sp³-hybridized carbons (Fsp3) is 0.281. The van der Waals surface area contributed by atoms with Crippen LogP contribution >= 0.6 is 0 Å². The molecule has 5 heterocycles. The molecule has 6 rings (SSSR count). The summed E-state index contributed by atoms with van der Waals surface area (Å²) in [4.78, 5) is 46.6. The zero-order valence-electron chi connectivity index (χ0n) is 22.4. The summed E-state index contributed by atoms with van der Waals surface area (Å²) < 4.78 is 0. The molecular formula is C32H32N6O2. The number of pyridine rings is 3. The molecule has 0 N–H and O–H groups in total. The highest BCUT2D eigenvalue weighted by molar-refractivity contribution is 5.96. The van der Waals surface area contributed by atoms with Gasteiger partial charge in [0.05, 0.1) is 22.8 Å².